The molecule has 1 atom stereocenters. The molecule has 0 saturated carbocycles. The molecule has 9 heteroatoms. The smallest absolute Gasteiger partial charge is 0.261 e. The van der Waals surface area contributed by atoms with Crippen LogP contribution >= 0.6 is 23.2 Å². The van der Waals surface area contributed by atoms with Crippen LogP contribution in [0.2, 0.25) is 10.0 Å². The number of carbonyl (C=O) groups excluding carboxylic acids is 1. The number of amides is 1. The van der Waals surface area contributed by atoms with E-state index in [1.165, 1.54) is 42.5 Å². The van der Waals surface area contributed by atoms with Gasteiger partial charge in [-0.05, 0) is 55.8 Å². The van der Waals surface area contributed by atoms with Gasteiger partial charge >= 0.3 is 0 Å². The van der Waals surface area contributed by atoms with Gasteiger partial charge in [-0.25, -0.2) is 8.42 Å². The summed E-state index contributed by atoms with van der Waals surface area (Å²) < 4.78 is 32.7. The molecule has 2 aromatic rings. The largest absolute Gasteiger partial charge is 0.484 e. The van der Waals surface area contributed by atoms with Gasteiger partial charge in [0.1, 0.15) is 5.75 Å². The van der Waals surface area contributed by atoms with E-state index in [4.69, 9.17) is 27.9 Å². The summed E-state index contributed by atoms with van der Waals surface area (Å²) in [6, 6.07) is 10.2. The Kier molecular flexibility index (Phi) is 7.35. The molecule has 0 radical (unpaired) electrons. The van der Waals surface area contributed by atoms with Crippen LogP contribution in [0.15, 0.2) is 47.4 Å². The van der Waals surface area contributed by atoms with Crippen LogP contribution in [0.5, 0.6) is 5.75 Å². The summed E-state index contributed by atoms with van der Waals surface area (Å²) in [4.78, 5) is 11.7. The van der Waals surface area contributed by atoms with E-state index in [9.17, 15) is 13.2 Å². The van der Waals surface area contributed by atoms with Crippen molar-refractivity contribution >= 4 is 44.8 Å². The third-order valence-corrected chi connectivity index (χ3v) is 5.47. The fourth-order valence-corrected chi connectivity index (χ4v) is 3.68. The van der Waals surface area contributed by atoms with Crippen molar-refractivity contribution in [3.8, 4) is 5.75 Å². The molecular formula is C18H20Cl2N2O4S. The lowest BCUT2D eigenvalue weighted by Crippen LogP contribution is -2.35. The van der Waals surface area contributed by atoms with E-state index in [1.807, 2.05) is 13.8 Å². The average Bonchev–Trinajstić information content (AvgIpc) is 2.59. The summed E-state index contributed by atoms with van der Waals surface area (Å²) in [6.45, 7) is 3.73. The SMILES string of the molecule is CCC(C)NC(=O)COc1ccc(S(=O)(=O)Nc2cc(Cl)cc(Cl)c2)cc1. The Morgan fingerprint density at radius 1 is 1.11 bits per heavy atom. The van der Waals surface area contributed by atoms with Gasteiger partial charge in [-0.1, -0.05) is 30.1 Å². The quantitative estimate of drug-likeness (QED) is 0.660. The Hall–Kier alpha value is -1.96. The summed E-state index contributed by atoms with van der Waals surface area (Å²) in [5, 5.41) is 3.42. The predicted octanol–water partition coefficient (Wildman–Crippen LogP) is 4.09. The molecule has 6 nitrogen and oxygen atoms in total. The Bertz CT molecular complexity index is 882. The molecule has 0 aliphatic rings. The highest BCUT2D eigenvalue weighted by atomic mass is 35.5. The summed E-state index contributed by atoms with van der Waals surface area (Å²) in [7, 11) is -3.82. The van der Waals surface area contributed by atoms with Crippen molar-refractivity contribution in [3.63, 3.8) is 0 Å². The number of carbonyl (C=O) groups is 1. The lowest BCUT2D eigenvalue weighted by Gasteiger charge is -2.12. The Morgan fingerprint density at radius 2 is 1.70 bits per heavy atom. The van der Waals surface area contributed by atoms with Gasteiger partial charge in [-0.15, -0.1) is 0 Å². The van der Waals surface area contributed by atoms with Gasteiger partial charge in [0.05, 0.1) is 10.6 Å². The first kappa shape index (κ1) is 21.3. The number of anilines is 1. The van der Waals surface area contributed by atoms with Crippen molar-refractivity contribution in [2.45, 2.75) is 31.2 Å². The van der Waals surface area contributed by atoms with Crippen molar-refractivity contribution in [1.82, 2.24) is 5.32 Å². The van der Waals surface area contributed by atoms with Crippen molar-refractivity contribution in [2.75, 3.05) is 11.3 Å². The van der Waals surface area contributed by atoms with E-state index in [1.54, 1.807) is 0 Å². The maximum atomic E-state index is 12.5. The van der Waals surface area contributed by atoms with Gasteiger partial charge in [0.15, 0.2) is 6.61 Å². The number of rotatable bonds is 8. The normalized spacial score (nSPS) is 12.3. The zero-order valence-corrected chi connectivity index (χ0v) is 17.2. The van der Waals surface area contributed by atoms with Crippen LogP contribution in [-0.2, 0) is 14.8 Å². The molecule has 0 fully saturated rings. The van der Waals surface area contributed by atoms with Crippen LogP contribution in [-0.4, -0.2) is 27.0 Å². The van der Waals surface area contributed by atoms with Crippen LogP contribution in [0.3, 0.4) is 0 Å². The molecule has 1 amide bonds. The Morgan fingerprint density at radius 3 is 2.26 bits per heavy atom. The molecule has 0 heterocycles. The van der Waals surface area contributed by atoms with Gasteiger partial charge < -0.3 is 10.1 Å². The zero-order valence-electron chi connectivity index (χ0n) is 14.8. The summed E-state index contributed by atoms with van der Waals surface area (Å²) in [5.41, 5.74) is 0.259. The number of hydrogen-bond acceptors (Lipinski definition) is 4. The van der Waals surface area contributed by atoms with Crippen LogP contribution in [0.1, 0.15) is 20.3 Å². The molecule has 1 unspecified atom stereocenters. The fraction of sp³-hybridized carbons (Fsp3) is 0.278. The van der Waals surface area contributed by atoms with E-state index < -0.39 is 10.0 Å². The van der Waals surface area contributed by atoms with Crippen molar-refractivity contribution in [3.05, 3.63) is 52.5 Å². The first-order chi connectivity index (χ1) is 12.7. The monoisotopic (exact) mass is 430 g/mol. The Balaban J connectivity index is 2.01. The van der Waals surface area contributed by atoms with E-state index >= 15 is 0 Å². The summed E-state index contributed by atoms with van der Waals surface area (Å²) >= 11 is 11.8. The molecule has 0 aliphatic carbocycles. The number of nitrogens with one attached hydrogen (secondary N) is 2. The molecular weight excluding hydrogens is 411 g/mol. The van der Waals surface area contributed by atoms with E-state index in [-0.39, 0.29) is 29.1 Å². The molecule has 0 spiro atoms. The maximum Gasteiger partial charge on any atom is 0.261 e. The topological polar surface area (TPSA) is 84.5 Å². The predicted molar refractivity (Wildman–Crippen MR) is 107 cm³/mol. The highest BCUT2D eigenvalue weighted by Gasteiger charge is 2.15. The van der Waals surface area contributed by atoms with Crippen molar-refractivity contribution < 1.29 is 17.9 Å². The van der Waals surface area contributed by atoms with E-state index in [0.717, 1.165) is 6.42 Å². The fourth-order valence-electron chi connectivity index (χ4n) is 2.11. The van der Waals surface area contributed by atoms with Crippen molar-refractivity contribution in [2.24, 2.45) is 0 Å². The van der Waals surface area contributed by atoms with Gasteiger partial charge in [0, 0.05) is 16.1 Å². The molecule has 146 valence electrons. The van der Waals surface area contributed by atoms with Crippen molar-refractivity contribution in [1.29, 1.82) is 0 Å². The second kappa shape index (κ2) is 9.30. The van der Waals surface area contributed by atoms with Gasteiger partial charge in [0.25, 0.3) is 15.9 Å². The zero-order chi connectivity index (χ0) is 20.0. The second-order valence-corrected chi connectivity index (χ2v) is 8.46. The summed E-state index contributed by atoms with van der Waals surface area (Å²) in [6.07, 6.45) is 0.823. The minimum absolute atomic E-state index is 0.0370. The standard InChI is InChI=1S/C18H20Cl2N2O4S/c1-3-12(2)21-18(23)11-26-16-4-6-17(7-5-16)27(24,25)22-15-9-13(19)8-14(20)10-15/h4-10,12,22H,3,11H2,1-2H3,(H,21,23). The second-order valence-electron chi connectivity index (χ2n) is 5.90. The maximum absolute atomic E-state index is 12.5. The molecule has 0 bridgehead atoms. The first-order valence-electron chi connectivity index (χ1n) is 8.20. The molecule has 0 aromatic heterocycles. The number of halogens is 2. The lowest BCUT2D eigenvalue weighted by atomic mass is 10.2. The van der Waals surface area contributed by atoms with E-state index in [0.29, 0.717) is 15.8 Å². The number of ether oxygens (including phenoxy) is 1. The van der Waals surface area contributed by atoms with Crippen LogP contribution in [0.25, 0.3) is 0 Å². The Labute approximate surface area is 168 Å². The number of hydrogen-bond donors (Lipinski definition) is 2. The van der Waals surface area contributed by atoms with Gasteiger partial charge in [0.2, 0.25) is 0 Å². The van der Waals surface area contributed by atoms with Gasteiger partial charge in [-0.3, -0.25) is 9.52 Å². The minimum atomic E-state index is -3.82. The molecule has 27 heavy (non-hydrogen) atoms. The number of sulfonamides is 1. The number of benzene rings is 2. The summed E-state index contributed by atoms with van der Waals surface area (Å²) in [5.74, 6) is 0.152. The van der Waals surface area contributed by atoms with Crippen LogP contribution < -0.4 is 14.8 Å². The molecule has 2 aromatic carbocycles. The molecule has 0 aliphatic heterocycles. The molecule has 2 rings (SSSR count). The first-order valence-corrected chi connectivity index (χ1v) is 10.4. The van der Waals surface area contributed by atoms with Gasteiger partial charge in [-0.2, -0.15) is 0 Å². The third kappa shape index (κ3) is 6.61. The average molecular weight is 431 g/mol. The molecule has 2 N–H and O–H groups in total. The minimum Gasteiger partial charge on any atom is -0.484 e. The third-order valence-electron chi connectivity index (χ3n) is 3.64. The van der Waals surface area contributed by atoms with E-state index in [2.05, 4.69) is 10.0 Å². The molecule has 0 saturated heterocycles. The van der Waals surface area contributed by atoms with Crippen LogP contribution in [0.4, 0.5) is 5.69 Å². The highest BCUT2D eigenvalue weighted by Crippen LogP contribution is 2.25. The lowest BCUT2D eigenvalue weighted by molar-refractivity contribution is -0.123. The highest BCUT2D eigenvalue weighted by molar-refractivity contribution is 7.92. The van der Waals surface area contributed by atoms with Crippen LogP contribution in [0, 0.1) is 0 Å².